The van der Waals surface area contributed by atoms with Gasteiger partial charge in [-0.25, -0.2) is 0 Å². The summed E-state index contributed by atoms with van der Waals surface area (Å²) in [6.45, 7) is 1.77. The molecule has 0 fully saturated rings. The summed E-state index contributed by atoms with van der Waals surface area (Å²) in [6.07, 6.45) is 0. The van der Waals surface area contributed by atoms with Gasteiger partial charge in [-0.15, -0.1) is 11.3 Å². The second-order valence-electron chi connectivity index (χ2n) is 5.30. The number of thiophene rings is 1. The van der Waals surface area contributed by atoms with Gasteiger partial charge in [0.15, 0.2) is 0 Å². The van der Waals surface area contributed by atoms with E-state index in [1.807, 2.05) is 18.2 Å². The lowest BCUT2D eigenvalue weighted by molar-refractivity contribution is -0.907. The number of aromatic hydroxyl groups is 1. The molecule has 0 bridgehead atoms. The highest BCUT2D eigenvalue weighted by Crippen LogP contribution is 2.26. The molecule has 0 aliphatic rings. The fraction of sp³-hybridized carbons (Fsp3) is 0.176. The molecule has 3 aromatic rings. The Morgan fingerprint density at radius 3 is 2.62 bits per heavy atom. The van der Waals surface area contributed by atoms with Crippen molar-refractivity contribution < 1.29 is 10.0 Å². The quantitative estimate of drug-likeness (QED) is 0.728. The van der Waals surface area contributed by atoms with Crippen LogP contribution in [0.5, 0.6) is 5.75 Å². The van der Waals surface area contributed by atoms with Crippen LogP contribution in [0.25, 0.3) is 10.8 Å². The summed E-state index contributed by atoms with van der Waals surface area (Å²) >= 11 is 5.27. The smallest absolute Gasteiger partial charge is 0.125 e. The molecule has 2 N–H and O–H groups in total. The van der Waals surface area contributed by atoms with Crippen molar-refractivity contribution in [2.45, 2.75) is 13.1 Å². The van der Waals surface area contributed by atoms with E-state index in [4.69, 9.17) is 0 Å². The summed E-state index contributed by atoms with van der Waals surface area (Å²) in [4.78, 5) is 2.70. The second kappa shape index (κ2) is 6.18. The number of halogens is 1. The number of fused-ring (bicyclic) bond motifs is 1. The predicted molar refractivity (Wildman–Crippen MR) is 91.9 cm³/mol. The zero-order valence-corrected chi connectivity index (χ0v) is 14.2. The molecule has 3 rings (SSSR count). The van der Waals surface area contributed by atoms with Crippen LogP contribution in [0.1, 0.15) is 10.4 Å². The highest BCUT2D eigenvalue weighted by atomic mass is 79.9. The first-order valence-corrected chi connectivity index (χ1v) is 8.49. The molecule has 108 valence electrons. The van der Waals surface area contributed by atoms with E-state index in [0.29, 0.717) is 5.75 Å². The third-order valence-electron chi connectivity index (χ3n) is 3.60. The van der Waals surface area contributed by atoms with E-state index in [2.05, 4.69) is 47.2 Å². The van der Waals surface area contributed by atoms with E-state index in [9.17, 15) is 5.11 Å². The number of nitrogens with one attached hydrogen (secondary N) is 1. The molecule has 0 saturated carbocycles. The Balaban J connectivity index is 1.85. The molecule has 1 unspecified atom stereocenters. The molecule has 0 aliphatic carbocycles. The van der Waals surface area contributed by atoms with Crippen molar-refractivity contribution in [1.29, 1.82) is 0 Å². The fourth-order valence-electron chi connectivity index (χ4n) is 2.62. The highest BCUT2D eigenvalue weighted by Gasteiger charge is 2.13. The van der Waals surface area contributed by atoms with Crippen LogP contribution < -0.4 is 4.90 Å². The van der Waals surface area contributed by atoms with Crippen molar-refractivity contribution in [1.82, 2.24) is 0 Å². The molecular formula is C17H17BrNOS+. The zero-order valence-electron chi connectivity index (χ0n) is 11.8. The largest absolute Gasteiger partial charge is 0.507 e. The third-order valence-corrected chi connectivity index (χ3v) is 5.22. The standard InChI is InChI=1S/C17H16BrNOS/c1-19(10-13-7-9-17(18)21-13)11-15-14-5-3-2-4-12(14)6-8-16(15)20/h2-9,20H,10-11H2,1H3/p+1. The molecule has 4 heteroatoms. The van der Waals surface area contributed by atoms with Gasteiger partial charge in [0.2, 0.25) is 0 Å². The van der Waals surface area contributed by atoms with Crippen LogP contribution in [-0.2, 0) is 13.1 Å². The van der Waals surface area contributed by atoms with Crippen molar-refractivity contribution in [3.8, 4) is 5.75 Å². The van der Waals surface area contributed by atoms with Crippen LogP contribution in [-0.4, -0.2) is 12.2 Å². The molecule has 1 heterocycles. The zero-order chi connectivity index (χ0) is 14.8. The van der Waals surface area contributed by atoms with Crippen molar-refractivity contribution in [2.24, 2.45) is 0 Å². The Labute approximate surface area is 136 Å². The summed E-state index contributed by atoms with van der Waals surface area (Å²) in [5, 5.41) is 12.5. The van der Waals surface area contributed by atoms with Crippen LogP contribution in [0.2, 0.25) is 0 Å². The average Bonchev–Trinajstić information content (AvgIpc) is 2.87. The Kier molecular flexibility index (Phi) is 4.29. The van der Waals surface area contributed by atoms with Gasteiger partial charge in [-0.3, -0.25) is 0 Å². The lowest BCUT2D eigenvalue weighted by Gasteiger charge is -2.15. The number of rotatable bonds is 4. The molecular weight excluding hydrogens is 346 g/mol. The normalized spacial score (nSPS) is 12.7. The van der Waals surface area contributed by atoms with Crippen LogP contribution in [0, 0.1) is 0 Å². The lowest BCUT2D eigenvalue weighted by Crippen LogP contribution is -3.06. The number of hydrogen-bond acceptors (Lipinski definition) is 2. The first kappa shape index (κ1) is 14.6. The maximum absolute atomic E-state index is 10.2. The van der Waals surface area contributed by atoms with Crippen LogP contribution in [0.4, 0.5) is 0 Å². The van der Waals surface area contributed by atoms with Gasteiger partial charge in [0.25, 0.3) is 0 Å². The number of hydrogen-bond donors (Lipinski definition) is 2. The Bertz CT molecular complexity index is 768. The van der Waals surface area contributed by atoms with Crippen molar-refractivity contribution in [3.63, 3.8) is 0 Å². The van der Waals surface area contributed by atoms with Gasteiger partial charge in [-0.1, -0.05) is 30.3 Å². The fourth-order valence-corrected chi connectivity index (χ4v) is 4.22. The first-order chi connectivity index (χ1) is 10.1. The Morgan fingerprint density at radius 2 is 1.86 bits per heavy atom. The molecule has 1 aromatic heterocycles. The van der Waals surface area contributed by atoms with Crippen molar-refractivity contribution in [2.75, 3.05) is 7.05 Å². The summed E-state index contributed by atoms with van der Waals surface area (Å²) in [7, 11) is 2.16. The summed E-state index contributed by atoms with van der Waals surface area (Å²) in [5.74, 6) is 0.389. The number of phenols is 1. The molecule has 0 aliphatic heterocycles. The molecule has 2 nitrogen and oxygen atoms in total. The van der Waals surface area contributed by atoms with Gasteiger partial charge in [-0.05, 0) is 44.9 Å². The monoisotopic (exact) mass is 362 g/mol. The second-order valence-corrected chi connectivity index (χ2v) is 7.85. The molecule has 0 amide bonds. The van der Waals surface area contributed by atoms with Gasteiger partial charge in [0.1, 0.15) is 18.8 Å². The summed E-state index contributed by atoms with van der Waals surface area (Å²) < 4.78 is 1.17. The Hall–Kier alpha value is -1.36. The average molecular weight is 363 g/mol. The topological polar surface area (TPSA) is 24.7 Å². The summed E-state index contributed by atoms with van der Waals surface area (Å²) in [6, 6.07) is 16.2. The van der Waals surface area contributed by atoms with E-state index >= 15 is 0 Å². The first-order valence-electron chi connectivity index (χ1n) is 6.88. The van der Waals surface area contributed by atoms with E-state index in [0.717, 1.165) is 24.0 Å². The lowest BCUT2D eigenvalue weighted by atomic mass is 10.0. The van der Waals surface area contributed by atoms with E-state index in [1.54, 1.807) is 17.4 Å². The molecule has 1 atom stereocenters. The van der Waals surface area contributed by atoms with Crippen LogP contribution in [0.15, 0.2) is 52.3 Å². The van der Waals surface area contributed by atoms with Gasteiger partial charge < -0.3 is 10.0 Å². The van der Waals surface area contributed by atoms with Crippen LogP contribution in [0.3, 0.4) is 0 Å². The minimum Gasteiger partial charge on any atom is -0.507 e. The number of benzene rings is 2. The van der Waals surface area contributed by atoms with Gasteiger partial charge in [-0.2, -0.15) is 0 Å². The van der Waals surface area contributed by atoms with E-state index in [1.165, 1.54) is 18.9 Å². The minimum absolute atomic E-state index is 0.389. The molecule has 0 saturated heterocycles. The Morgan fingerprint density at radius 1 is 1.05 bits per heavy atom. The summed E-state index contributed by atoms with van der Waals surface area (Å²) in [5.41, 5.74) is 1.03. The molecule has 0 radical (unpaired) electrons. The third kappa shape index (κ3) is 3.28. The van der Waals surface area contributed by atoms with Gasteiger partial charge in [0, 0.05) is 0 Å². The molecule has 0 spiro atoms. The number of quaternary nitrogens is 1. The predicted octanol–water partition coefficient (Wildman–Crippen LogP) is 3.58. The van der Waals surface area contributed by atoms with E-state index < -0.39 is 0 Å². The minimum atomic E-state index is 0.389. The molecule has 21 heavy (non-hydrogen) atoms. The molecule has 2 aromatic carbocycles. The maximum atomic E-state index is 10.2. The van der Waals surface area contributed by atoms with Gasteiger partial charge in [0.05, 0.1) is 21.3 Å². The van der Waals surface area contributed by atoms with Crippen molar-refractivity contribution >= 4 is 38.0 Å². The number of phenolic OH excluding ortho intramolecular Hbond substituents is 1. The van der Waals surface area contributed by atoms with E-state index in [-0.39, 0.29) is 0 Å². The van der Waals surface area contributed by atoms with Crippen LogP contribution >= 0.6 is 27.3 Å². The highest BCUT2D eigenvalue weighted by molar-refractivity contribution is 9.11. The van der Waals surface area contributed by atoms with Crippen molar-refractivity contribution in [3.05, 3.63) is 62.8 Å². The maximum Gasteiger partial charge on any atom is 0.125 e. The SMILES string of the molecule is C[NH+](Cc1ccc(Br)s1)Cc1c(O)ccc2ccccc12. The van der Waals surface area contributed by atoms with Gasteiger partial charge >= 0.3 is 0 Å².